The molecule has 1 amide bonds. The molecule has 0 unspecified atom stereocenters. The van der Waals surface area contributed by atoms with Gasteiger partial charge in [0, 0.05) is 31.5 Å². The topological polar surface area (TPSA) is 91.8 Å². The Morgan fingerprint density at radius 2 is 2.25 bits per heavy atom. The molecule has 1 aromatic heterocycles. The molecular weight excluding hydrogens is 310 g/mol. The highest BCUT2D eigenvalue weighted by molar-refractivity contribution is 5.95. The predicted octanol–water partition coefficient (Wildman–Crippen LogP) is 1.07. The van der Waals surface area contributed by atoms with Gasteiger partial charge in [-0.25, -0.2) is 0 Å². The van der Waals surface area contributed by atoms with Crippen LogP contribution in [0, 0.1) is 6.92 Å². The van der Waals surface area contributed by atoms with E-state index >= 15 is 0 Å². The van der Waals surface area contributed by atoms with Gasteiger partial charge >= 0.3 is 5.97 Å². The molecule has 1 fully saturated rings. The SMILES string of the molecule is Cc1ccncc1C(=O)N[C@@H](C)CN1CC(C)(C)OC[C@H]1C(=O)O. The monoisotopic (exact) mass is 335 g/mol. The van der Waals surface area contributed by atoms with Crippen LogP contribution in [0.2, 0.25) is 0 Å². The van der Waals surface area contributed by atoms with Gasteiger partial charge < -0.3 is 15.2 Å². The number of carbonyl (C=O) groups excluding carboxylic acids is 1. The van der Waals surface area contributed by atoms with Crippen molar-refractivity contribution in [3.05, 3.63) is 29.6 Å². The molecular formula is C17H25N3O4. The standard InChI is InChI=1S/C17H25N3O4/c1-11-5-6-18-7-13(11)15(21)19-12(2)8-20-10-17(3,4)24-9-14(20)16(22)23/h5-7,12,14H,8-10H2,1-4H3,(H,19,21)(H,22,23)/t12-,14-/m0/s1. The molecule has 132 valence electrons. The molecule has 1 saturated heterocycles. The average Bonchev–Trinajstić information content (AvgIpc) is 2.46. The molecule has 0 aromatic carbocycles. The van der Waals surface area contributed by atoms with E-state index in [9.17, 15) is 14.7 Å². The number of carboxylic acids is 1. The summed E-state index contributed by atoms with van der Waals surface area (Å²) in [7, 11) is 0. The van der Waals surface area contributed by atoms with Crippen LogP contribution in [-0.2, 0) is 9.53 Å². The summed E-state index contributed by atoms with van der Waals surface area (Å²) in [6, 6.07) is 0.884. The number of hydrogen-bond acceptors (Lipinski definition) is 5. The summed E-state index contributed by atoms with van der Waals surface area (Å²) >= 11 is 0. The minimum absolute atomic E-state index is 0.144. The van der Waals surface area contributed by atoms with Crippen molar-refractivity contribution in [2.24, 2.45) is 0 Å². The average molecular weight is 335 g/mol. The number of aryl methyl sites for hydroxylation is 1. The van der Waals surface area contributed by atoms with E-state index in [1.54, 1.807) is 12.3 Å². The Bertz CT molecular complexity index is 618. The van der Waals surface area contributed by atoms with Crippen LogP contribution in [0.4, 0.5) is 0 Å². The van der Waals surface area contributed by atoms with Crippen LogP contribution in [0.5, 0.6) is 0 Å². The van der Waals surface area contributed by atoms with E-state index in [0.29, 0.717) is 18.7 Å². The maximum atomic E-state index is 12.3. The summed E-state index contributed by atoms with van der Waals surface area (Å²) in [5.74, 6) is -1.11. The van der Waals surface area contributed by atoms with Crippen LogP contribution in [0.3, 0.4) is 0 Å². The number of nitrogens with one attached hydrogen (secondary N) is 1. The number of aliphatic carboxylic acids is 1. The van der Waals surface area contributed by atoms with Gasteiger partial charge in [0.1, 0.15) is 6.04 Å². The number of carbonyl (C=O) groups is 2. The number of pyridine rings is 1. The Labute approximate surface area is 142 Å². The van der Waals surface area contributed by atoms with Crippen LogP contribution in [0.1, 0.15) is 36.7 Å². The number of aromatic nitrogens is 1. The lowest BCUT2D eigenvalue weighted by molar-refractivity contribution is -0.162. The van der Waals surface area contributed by atoms with E-state index in [2.05, 4.69) is 10.3 Å². The Balaban J connectivity index is 2.01. The molecule has 0 radical (unpaired) electrons. The van der Waals surface area contributed by atoms with Gasteiger partial charge in [0.05, 0.1) is 17.8 Å². The first-order valence-corrected chi connectivity index (χ1v) is 8.02. The second-order valence-electron chi connectivity index (χ2n) is 6.92. The molecule has 0 bridgehead atoms. The Morgan fingerprint density at radius 3 is 2.88 bits per heavy atom. The Hall–Kier alpha value is -1.99. The van der Waals surface area contributed by atoms with Crippen molar-refractivity contribution < 1.29 is 19.4 Å². The van der Waals surface area contributed by atoms with Gasteiger partial charge in [-0.15, -0.1) is 0 Å². The molecule has 1 aliphatic heterocycles. The van der Waals surface area contributed by atoms with Crippen LogP contribution in [0.25, 0.3) is 0 Å². The smallest absolute Gasteiger partial charge is 0.323 e. The first kappa shape index (κ1) is 18.4. The van der Waals surface area contributed by atoms with Crippen LogP contribution in [-0.4, -0.2) is 64.2 Å². The molecule has 2 rings (SSSR count). The summed E-state index contributed by atoms with van der Waals surface area (Å²) in [6.07, 6.45) is 3.18. The minimum Gasteiger partial charge on any atom is -0.480 e. The lowest BCUT2D eigenvalue weighted by Gasteiger charge is -2.42. The third-order valence-electron chi connectivity index (χ3n) is 4.11. The molecule has 2 atom stereocenters. The third kappa shape index (κ3) is 4.52. The number of ether oxygens (including phenoxy) is 1. The van der Waals surface area contributed by atoms with Gasteiger partial charge in [-0.3, -0.25) is 19.5 Å². The molecule has 1 aromatic rings. The minimum atomic E-state index is -0.910. The van der Waals surface area contributed by atoms with Crippen molar-refractivity contribution in [2.45, 2.75) is 45.4 Å². The summed E-state index contributed by atoms with van der Waals surface area (Å²) in [6.45, 7) is 8.66. The second kappa shape index (κ2) is 7.27. The van der Waals surface area contributed by atoms with Crippen molar-refractivity contribution in [3.63, 3.8) is 0 Å². The zero-order valence-corrected chi connectivity index (χ0v) is 14.6. The van der Waals surface area contributed by atoms with E-state index in [1.807, 2.05) is 32.6 Å². The number of hydrogen-bond donors (Lipinski definition) is 2. The van der Waals surface area contributed by atoms with Crippen molar-refractivity contribution in [3.8, 4) is 0 Å². The summed E-state index contributed by atoms with van der Waals surface area (Å²) in [5.41, 5.74) is 0.974. The normalized spacial score (nSPS) is 21.9. The van der Waals surface area contributed by atoms with E-state index in [1.165, 1.54) is 6.20 Å². The predicted molar refractivity (Wildman–Crippen MR) is 88.9 cm³/mol. The summed E-state index contributed by atoms with van der Waals surface area (Å²) < 4.78 is 5.60. The summed E-state index contributed by atoms with van der Waals surface area (Å²) in [4.78, 5) is 29.6. The fourth-order valence-corrected chi connectivity index (χ4v) is 2.87. The van der Waals surface area contributed by atoms with E-state index < -0.39 is 17.6 Å². The van der Waals surface area contributed by atoms with Gasteiger partial charge in [-0.2, -0.15) is 0 Å². The quantitative estimate of drug-likeness (QED) is 0.836. The molecule has 1 aliphatic rings. The van der Waals surface area contributed by atoms with Gasteiger partial charge in [0.25, 0.3) is 5.91 Å². The largest absolute Gasteiger partial charge is 0.480 e. The number of amides is 1. The number of morpholine rings is 1. The van der Waals surface area contributed by atoms with Crippen molar-refractivity contribution in [1.82, 2.24) is 15.2 Å². The number of rotatable bonds is 5. The molecule has 0 aliphatic carbocycles. The number of nitrogens with zero attached hydrogens (tertiary/aromatic N) is 2. The highest BCUT2D eigenvalue weighted by Gasteiger charge is 2.38. The fourth-order valence-electron chi connectivity index (χ4n) is 2.87. The van der Waals surface area contributed by atoms with Crippen molar-refractivity contribution >= 4 is 11.9 Å². The van der Waals surface area contributed by atoms with Crippen LogP contribution in [0.15, 0.2) is 18.5 Å². The Morgan fingerprint density at radius 1 is 1.54 bits per heavy atom. The van der Waals surface area contributed by atoms with Gasteiger partial charge in [0.2, 0.25) is 0 Å². The fraction of sp³-hybridized carbons (Fsp3) is 0.588. The molecule has 24 heavy (non-hydrogen) atoms. The first-order valence-electron chi connectivity index (χ1n) is 8.02. The zero-order chi connectivity index (χ0) is 17.9. The molecule has 0 saturated carbocycles. The third-order valence-corrected chi connectivity index (χ3v) is 4.11. The van der Waals surface area contributed by atoms with Gasteiger partial charge in [-0.1, -0.05) is 0 Å². The number of carboxylic acid groups (broad SMARTS) is 1. The first-order chi connectivity index (χ1) is 11.2. The summed E-state index contributed by atoms with van der Waals surface area (Å²) in [5, 5.41) is 12.3. The van der Waals surface area contributed by atoms with Gasteiger partial charge in [-0.05, 0) is 39.3 Å². The molecule has 2 heterocycles. The van der Waals surface area contributed by atoms with E-state index in [4.69, 9.17) is 4.74 Å². The lowest BCUT2D eigenvalue weighted by Crippen LogP contribution is -2.59. The van der Waals surface area contributed by atoms with Crippen molar-refractivity contribution in [2.75, 3.05) is 19.7 Å². The van der Waals surface area contributed by atoms with Crippen molar-refractivity contribution in [1.29, 1.82) is 0 Å². The molecule has 2 N–H and O–H groups in total. The Kier molecular flexibility index (Phi) is 5.56. The van der Waals surface area contributed by atoms with E-state index in [0.717, 1.165) is 5.56 Å². The second-order valence-corrected chi connectivity index (χ2v) is 6.92. The highest BCUT2D eigenvalue weighted by atomic mass is 16.5. The highest BCUT2D eigenvalue weighted by Crippen LogP contribution is 2.21. The maximum absolute atomic E-state index is 12.3. The lowest BCUT2D eigenvalue weighted by atomic mass is 10.0. The van der Waals surface area contributed by atoms with Crippen LogP contribution < -0.4 is 5.32 Å². The van der Waals surface area contributed by atoms with Gasteiger partial charge in [0.15, 0.2) is 0 Å². The molecule has 0 spiro atoms. The zero-order valence-electron chi connectivity index (χ0n) is 14.6. The maximum Gasteiger partial charge on any atom is 0.323 e. The molecule has 7 heteroatoms. The van der Waals surface area contributed by atoms with E-state index in [-0.39, 0.29) is 18.6 Å². The van der Waals surface area contributed by atoms with Crippen LogP contribution >= 0.6 is 0 Å². The molecule has 7 nitrogen and oxygen atoms in total.